The van der Waals surface area contributed by atoms with Crippen molar-refractivity contribution in [1.29, 1.82) is 0 Å². The number of carbonyl (C=O) groups is 1. The maximum atomic E-state index is 12.7. The number of likely N-dealkylation sites (tertiary alicyclic amines) is 1. The second kappa shape index (κ2) is 7.15. The molecule has 2 N–H and O–H groups in total. The van der Waals surface area contributed by atoms with Gasteiger partial charge in [-0.15, -0.1) is 12.4 Å². The Kier molecular flexibility index (Phi) is 4.84. The monoisotopic (exact) mass is 386 g/mol. The Morgan fingerprint density at radius 1 is 1.11 bits per heavy atom. The van der Waals surface area contributed by atoms with E-state index in [1.807, 2.05) is 24.3 Å². The van der Waals surface area contributed by atoms with Crippen LogP contribution < -0.4 is 5.32 Å². The molecular formula is C21H23ClN2O3. The van der Waals surface area contributed by atoms with Crippen molar-refractivity contribution in [2.75, 3.05) is 19.7 Å². The lowest BCUT2D eigenvalue weighted by Gasteiger charge is -2.26. The minimum absolute atomic E-state index is 0. The molecule has 1 amide bonds. The SMILES string of the molecule is Cl.O=C(OCC1c2ccccc2-c2ccccc21)N1CCC2NCC(O)[C@H]21. The van der Waals surface area contributed by atoms with Gasteiger partial charge in [-0.05, 0) is 28.7 Å². The number of β-amino-alcohol motifs (C(OH)–C–C–N with tert-alkyl or cyclic N) is 1. The summed E-state index contributed by atoms with van der Waals surface area (Å²) in [5.41, 5.74) is 4.87. The van der Waals surface area contributed by atoms with Crippen molar-refractivity contribution in [1.82, 2.24) is 10.2 Å². The number of hydrogen-bond donors (Lipinski definition) is 2. The van der Waals surface area contributed by atoms with Gasteiger partial charge in [0, 0.05) is 25.0 Å². The minimum atomic E-state index is -0.511. The van der Waals surface area contributed by atoms with E-state index in [9.17, 15) is 9.90 Å². The normalized spacial score (nSPS) is 25.5. The Labute approximate surface area is 164 Å². The zero-order chi connectivity index (χ0) is 17.7. The van der Waals surface area contributed by atoms with Crippen LogP contribution >= 0.6 is 12.4 Å². The molecule has 0 saturated carbocycles. The van der Waals surface area contributed by atoms with Crippen LogP contribution in [0.2, 0.25) is 0 Å². The molecule has 0 spiro atoms. The second-order valence-corrected chi connectivity index (χ2v) is 7.36. The largest absolute Gasteiger partial charge is 0.448 e. The summed E-state index contributed by atoms with van der Waals surface area (Å²) in [6, 6.07) is 16.7. The van der Waals surface area contributed by atoms with Crippen molar-refractivity contribution < 1.29 is 14.6 Å². The fourth-order valence-electron chi connectivity index (χ4n) is 4.80. The Hall–Kier alpha value is -2.08. The van der Waals surface area contributed by atoms with E-state index in [4.69, 9.17) is 4.74 Å². The first kappa shape index (κ1) is 18.3. The van der Waals surface area contributed by atoms with Crippen molar-refractivity contribution in [3.63, 3.8) is 0 Å². The third-order valence-corrected chi connectivity index (χ3v) is 6.01. The highest BCUT2D eigenvalue weighted by Crippen LogP contribution is 2.44. The minimum Gasteiger partial charge on any atom is -0.448 e. The van der Waals surface area contributed by atoms with Gasteiger partial charge in [0.25, 0.3) is 0 Å². The van der Waals surface area contributed by atoms with E-state index >= 15 is 0 Å². The highest BCUT2D eigenvalue weighted by atomic mass is 35.5. The van der Waals surface area contributed by atoms with Gasteiger partial charge in [0.15, 0.2) is 0 Å². The van der Waals surface area contributed by atoms with Crippen molar-refractivity contribution in [2.24, 2.45) is 0 Å². The summed E-state index contributed by atoms with van der Waals surface area (Å²) in [7, 11) is 0. The number of hydrogen-bond acceptors (Lipinski definition) is 4. The first-order valence-electron chi connectivity index (χ1n) is 9.27. The molecule has 1 aliphatic carbocycles. The number of nitrogens with zero attached hydrogens (tertiary/aromatic N) is 1. The lowest BCUT2D eigenvalue weighted by molar-refractivity contribution is 0.0634. The molecule has 0 aromatic heterocycles. The molecule has 2 fully saturated rings. The molecule has 2 saturated heterocycles. The van der Waals surface area contributed by atoms with Crippen LogP contribution in [0.15, 0.2) is 48.5 Å². The van der Waals surface area contributed by atoms with Crippen molar-refractivity contribution in [3.05, 3.63) is 59.7 Å². The van der Waals surface area contributed by atoms with E-state index in [1.54, 1.807) is 4.90 Å². The Balaban J connectivity index is 0.00000180. The molecule has 2 unspecified atom stereocenters. The number of amides is 1. The summed E-state index contributed by atoms with van der Waals surface area (Å²) in [6.45, 7) is 1.50. The van der Waals surface area contributed by atoms with Gasteiger partial charge < -0.3 is 20.1 Å². The zero-order valence-corrected chi connectivity index (χ0v) is 15.7. The molecule has 6 heteroatoms. The topological polar surface area (TPSA) is 61.8 Å². The number of aliphatic hydroxyl groups excluding tert-OH is 1. The van der Waals surface area contributed by atoms with Crippen LogP contribution in [-0.4, -0.2) is 54.0 Å². The summed E-state index contributed by atoms with van der Waals surface area (Å²) in [4.78, 5) is 14.4. The summed E-state index contributed by atoms with van der Waals surface area (Å²) >= 11 is 0. The Morgan fingerprint density at radius 2 is 1.74 bits per heavy atom. The Bertz CT molecular complexity index is 813. The van der Waals surface area contributed by atoms with Crippen LogP contribution in [0.25, 0.3) is 11.1 Å². The average Bonchev–Trinajstić information content (AvgIpc) is 3.34. The van der Waals surface area contributed by atoms with E-state index in [-0.39, 0.29) is 36.5 Å². The maximum absolute atomic E-state index is 12.7. The van der Waals surface area contributed by atoms with Crippen molar-refractivity contribution >= 4 is 18.5 Å². The van der Waals surface area contributed by atoms with E-state index in [0.29, 0.717) is 19.7 Å². The number of aliphatic hydroxyl groups is 1. The van der Waals surface area contributed by atoms with E-state index < -0.39 is 6.10 Å². The molecule has 142 valence electrons. The first-order valence-corrected chi connectivity index (χ1v) is 9.27. The van der Waals surface area contributed by atoms with Crippen LogP contribution in [-0.2, 0) is 4.74 Å². The molecule has 3 aliphatic rings. The number of nitrogens with one attached hydrogen (secondary N) is 1. The van der Waals surface area contributed by atoms with E-state index in [2.05, 4.69) is 29.6 Å². The third kappa shape index (κ3) is 2.90. The maximum Gasteiger partial charge on any atom is 0.410 e. The molecule has 5 rings (SSSR count). The van der Waals surface area contributed by atoms with Crippen LogP contribution in [0.1, 0.15) is 23.5 Å². The highest BCUT2D eigenvalue weighted by Gasteiger charge is 2.46. The zero-order valence-electron chi connectivity index (χ0n) is 14.9. The van der Waals surface area contributed by atoms with Gasteiger partial charge in [0.05, 0.1) is 12.1 Å². The molecule has 3 atom stereocenters. The lowest BCUT2D eigenvalue weighted by Crippen LogP contribution is -2.44. The van der Waals surface area contributed by atoms with Crippen molar-refractivity contribution in [3.8, 4) is 11.1 Å². The van der Waals surface area contributed by atoms with Gasteiger partial charge in [-0.1, -0.05) is 48.5 Å². The van der Waals surface area contributed by atoms with Crippen LogP contribution in [0.4, 0.5) is 4.79 Å². The predicted molar refractivity (Wildman–Crippen MR) is 105 cm³/mol. The molecule has 0 radical (unpaired) electrons. The lowest BCUT2D eigenvalue weighted by atomic mass is 9.98. The number of fused-ring (bicyclic) bond motifs is 4. The first-order chi connectivity index (χ1) is 12.7. The highest BCUT2D eigenvalue weighted by molar-refractivity contribution is 5.85. The van der Waals surface area contributed by atoms with Gasteiger partial charge >= 0.3 is 6.09 Å². The summed E-state index contributed by atoms with van der Waals surface area (Å²) in [5.74, 6) is 0.0661. The van der Waals surface area contributed by atoms with Gasteiger partial charge in [-0.25, -0.2) is 4.79 Å². The quantitative estimate of drug-likeness (QED) is 0.833. The molecule has 27 heavy (non-hydrogen) atoms. The fourth-order valence-corrected chi connectivity index (χ4v) is 4.80. The molecule has 2 aliphatic heterocycles. The molecular weight excluding hydrogens is 364 g/mol. The average molecular weight is 387 g/mol. The Morgan fingerprint density at radius 3 is 2.41 bits per heavy atom. The van der Waals surface area contributed by atoms with Gasteiger partial charge in [0.2, 0.25) is 0 Å². The third-order valence-electron chi connectivity index (χ3n) is 6.01. The summed E-state index contributed by atoms with van der Waals surface area (Å²) in [6.07, 6.45) is 0.0384. The van der Waals surface area contributed by atoms with Crippen molar-refractivity contribution in [2.45, 2.75) is 30.5 Å². The number of halogens is 1. The van der Waals surface area contributed by atoms with E-state index in [1.165, 1.54) is 22.3 Å². The molecule has 2 heterocycles. The predicted octanol–water partition coefficient (Wildman–Crippen LogP) is 2.76. The number of ether oxygens (including phenoxy) is 1. The summed E-state index contributed by atoms with van der Waals surface area (Å²) < 4.78 is 5.73. The molecule has 2 aromatic rings. The molecule has 5 nitrogen and oxygen atoms in total. The van der Waals surface area contributed by atoms with E-state index in [0.717, 1.165) is 6.42 Å². The van der Waals surface area contributed by atoms with Gasteiger partial charge in [-0.2, -0.15) is 0 Å². The second-order valence-electron chi connectivity index (χ2n) is 7.36. The number of carbonyl (C=O) groups excluding carboxylic acids is 1. The van der Waals surface area contributed by atoms with Crippen LogP contribution in [0.5, 0.6) is 0 Å². The van der Waals surface area contributed by atoms with Crippen LogP contribution in [0.3, 0.4) is 0 Å². The summed E-state index contributed by atoms with van der Waals surface area (Å²) in [5, 5.41) is 13.4. The van der Waals surface area contributed by atoms with Crippen LogP contribution in [0, 0.1) is 0 Å². The smallest absolute Gasteiger partial charge is 0.410 e. The molecule has 2 aromatic carbocycles. The molecule has 0 bridgehead atoms. The number of benzene rings is 2. The van der Waals surface area contributed by atoms with Gasteiger partial charge in [0.1, 0.15) is 6.61 Å². The fraction of sp³-hybridized carbons (Fsp3) is 0.381. The standard InChI is InChI=1S/C21H22N2O3.ClH/c24-19-11-22-18-9-10-23(20(18)19)21(25)26-12-17-15-7-3-1-5-13(15)14-6-2-4-8-16(14)17;/h1-8,17-20,22,24H,9-12H2;1H/t18?,19?,20-;/m0./s1. The van der Waals surface area contributed by atoms with Gasteiger partial charge in [-0.3, -0.25) is 0 Å². The number of rotatable bonds is 2.